The molecule has 0 spiro atoms. The molecule has 0 saturated carbocycles. The molecular formula is C28H45N7O3P2. The number of ether oxygens (including phenoxy) is 1. The van der Waals surface area contributed by atoms with E-state index in [4.69, 9.17) is 14.0 Å². The minimum absolute atomic E-state index is 0.0204. The van der Waals surface area contributed by atoms with Gasteiger partial charge in [-0.2, -0.15) is 4.52 Å². The second kappa shape index (κ2) is 12.0. The third kappa shape index (κ3) is 6.04. The molecule has 0 amide bonds. The Hall–Kier alpha value is -2.16. The summed E-state index contributed by atoms with van der Waals surface area (Å²) in [5.41, 5.74) is 2.84. The molecule has 1 unspecified atom stereocenters. The first-order chi connectivity index (χ1) is 18.5. The molecule has 0 heterocycles. The van der Waals surface area contributed by atoms with Crippen LogP contribution in [-0.4, -0.2) is 111 Å². The molecular weight excluding hydrogens is 544 g/mol. The maximum absolute atomic E-state index is 13.3. The highest BCUT2D eigenvalue weighted by Crippen LogP contribution is 2.68. The van der Waals surface area contributed by atoms with Crippen molar-refractivity contribution in [3.05, 3.63) is 59.2 Å². The van der Waals surface area contributed by atoms with E-state index in [2.05, 4.69) is 39.5 Å². The number of benzene rings is 2. The fourth-order valence-corrected chi connectivity index (χ4v) is 13.6. The van der Waals surface area contributed by atoms with Crippen molar-refractivity contribution in [2.45, 2.75) is 26.3 Å². The molecule has 12 heteroatoms. The zero-order valence-corrected chi connectivity index (χ0v) is 27.8. The maximum Gasteiger partial charge on any atom is 0.339 e. The van der Waals surface area contributed by atoms with Gasteiger partial charge in [0.25, 0.3) is 0 Å². The smallest absolute Gasteiger partial charge is 0.339 e. The zero-order chi connectivity index (χ0) is 30.2. The number of ketones is 1. The summed E-state index contributed by atoms with van der Waals surface area (Å²) in [6.07, 6.45) is 0. The predicted octanol–water partition coefficient (Wildman–Crippen LogP) is 5.88. The first-order valence-corrected chi connectivity index (χ1v) is 16.3. The summed E-state index contributed by atoms with van der Waals surface area (Å²) in [5, 5.41) is 0. The third-order valence-electron chi connectivity index (χ3n) is 6.62. The number of carbonyl (C=O) groups is 2. The van der Waals surface area contributed by atoms with E-state index in [1.54, 1.807) is 12.1 Å². The SMILES string of the molecule is CN(C)P(=NC(C)(C)C)(N=P(N(C)C)(N(C)C)N(C)C)N(C)COC(=O)c1ccc2c(c1)C(=O)c1ccccc1-2. The van der Waals surface area contributed by atoms with Gasteiger partial charge >= 0.3 is 5.97 Å². The fourth-order valence-electron chi connectivity index (χ4n) is 4.98. The van der Waals surface area contributed by atoms with Crippen molar-refractivity contribution < 1.29 is 14.3 Å². The highest BCUT2D eigenvalue weighted by atomic mass is 31.2. The van der Waals surface area contributed by atoms with Crippen LogP contribution < -0.4 is 0 Å². The minimum Gasteiger partial charge on any atom is -0.445 e. The highest BCUT2D eigenvalue weighted by molar-refractivity contribution is 7.71. The number of rotatable bonds is 9. The van der Waals surface area contributed by atoms with Crippen molar-refractivity contribution in [3.8, 4) is 11.1 Å². The lowest BCUT2D eigenvalue weighted by molar-refractivity contribution is 0.0390. The van der Waals surface area contributed by atoms with Gasteiger partial charge in [0.1, 0.15) is 0 Å². The summed E-state index contributed by atoms with van der Waals surface area (Å²) >= 11 is 0. The number of hydrogen-bond acceptors (Lipinski definition) is 4. The third-order valence-corrected chi connectivity index (χ3v) is 14.7. The molecule has 0 N–H and O–H groups in total. The molecule has 1 aliphatic carbocycles. The quantitative estimate of drug-likeness (QED) is 0.174. The highest BCUT2D eigenvalue weighted by Gasteiger charge is 2.38. The Balaban J connectivity index is 2.02. The molecule has 2 aromatic carbocycles. The average Bonchev–Trinajstić information content (AvgIpc) is 3.14. The monoisotopic (exact) mass is 589 g/mol. The minimum atomic E-state index is -2.76. The summed E-state index contributed by atoms with van der Waals surface area (Å²) in [7, 11) is 12.9. The first kappa shape index (κ1) is 32.4. The molecule has 0 saturated heterocycles. The molecule has 0 radical (unpaired) electrons. The van der Waals surface area contributed by atoms with Crippen LogP contribution in [-0.2, 0) is 4.74 Å². The van der Waals surface area contributed by atoms with Crippen molar-refractivity contribution in [2.75, 3.05) is 70.2 Å². The van der Waals surface area contributed by atoms with Crippen LogP contribution >= 0.6 is 15.0 Å². The average molecular weight is 590 g/mol. The summed E-state index contributed by atoms with van der Waals surface area (Å²) < 4.78 is 27.2. The second-order valence-corrected chi connectivity index (χ2v) is 18.6. The first-order valence-electron chi connectivity index (χ1n) is 13.1. The van der Waals surface area contributed by atoms with E-state index < -0.39 is 26.5 Å². The van der Waals surface area contributed by atoms with Gasteiger partial charge in [0.2, 0.25) is 7.51 Å². The van der Waals surface area contributed by atoms with E-state index in [-0.39, 0.29) is 12.5 Å². The van der Waals surface area contributed by atoms with Crippen molar-refractivity contribution >= 4 is 26.8 Å². The molecule has 1 aliphatic rings. The lowest BCUT2D eigenvalue weighted by Gasteiger charge is -2.45. The van der Waals surface area contributed by atoms with E-state index in [9.17, 15) is 9.59 Å². The Morgan fingerprint density at radius 1 is 0.775 bits per heavy atom. The Morgan fingerprint density at radius 3 is 1.80 bits per heavy atom. The predicted molar refractivity (Wildman–Crippen MR) is 167 cm³/mol. The molecule has 0 bridgehead atoms. The molecule has 220 valence electrons. The molecule has 0 aliphatic heterocycles. The molecule has 3 rings (SSSR count). The lowest BCUT2D eigenvalue weighted by Crippen LogP contribution is -2.33. The van der Waals surface area contributed by atoms with Crippen LogP contribution in [0.5, 0.6) is 0 Å². The van der Waals surface area contributed by atoms with Gasteiger partial charge in [-0.05, 0) is 107 Å². The Bertz CT molecular complexity index is 1370. The largest absolute Gasteiger partial charge is 0.445 e. The summed E-state index contributed by atoms with van der Waals surface area (Å²) in [6.45, 7) is 6.15. The zero-order valence-electron chi connectivity index (χ0n) is 26.0. The van der Waals surface area contributed by atoms with Gasteiger partial charge in [0.15, 0.2) is 20.0 Å². The van der Waals surface area contributed by atoms with Gasteiger partial charge in [0.05, 0.1) is 11.1 Å². The van der Waals surface area contributed by atoms with Crippen LogP contribution in [0.2, 0.25) is 0 Å². The second-order valence-electron chi connectivity index (χ2n) is 11.7. The van der Waals surface area contributed by atoms with Crippen LogP contribution in [0, 0.1) is 0 Å². The Labute approximate surface area is 240 Å². The summed E-state index contributed by atoms with van der Waals surface area (Å²) in [6, 6.07) is 12.7. The van der Waals surface area contributed by atoms with Crippen LogP contribution in [0.15, 0.2) is 51.7 Å². The number of nitrogens with zero attached hydrogens (tertiary/aromatic N) is 7. The molecule has 0 aromatic heterocycles. The molecule has 0 fully saturated rings. The van der Waals surface area contributed by atoms with E-state index in [0.717, 1.165) is 11.1 Å². The van der Waals surface area contributed by atoms with Crippen molar-refractivity contribution in [3.63, 3.8) is 0 Å². The van der Waals surface area contributed by atoms with Gasteiger partial charge in [-0.1, -0.05) is 30.3 Å². The van der Waals surface area contributed by atoms with Crippen molar-refractivity contribution in [1.82, 2.24) is 23.4 Å². The Kier molecular flexibility index (Phi) is 9.69. The fraction of sp³-hybridized carbons (Fsp3) is 0.500. The molecule has 10 nitrogen and oxygen atoms in total. The van der Waals surface area contributed by atoms with Crippen LogP contribution in [0.4, 0.5) is 0 Å². The van der Waals surface area contributed by atoms with Crippen LogP contribution in [0.1, 0.15) is 47.1 Å². The standard InChI is InChI=1S/C28H45N7O3P2/c1-28(2,3)29-39(31(4)5,30-40(32(6)7,33(8)9)34(10)11)35(12)20-38-27(37)21-17-18-23-22-15-13-14-16-24(22)26(36)25(23)19-21/h13-19H,20H2,1-12H3. The normalized spacial score (nSPS) is 15.1. The van der Waals surface area contributed by atoms with Gasteiger partial charge in [0, 0.05) is 11.1 Å². The lowest BCUT2D eigenvalue weighted by atomic mass is 10.0. The maximum atomic E-state index is 13.3. The topological polar surface area (TPSA) is 84.3 Å². The number of carbonyl (C=O) groups excluding carboxylic acids is 2. The van der Waals surface area contributed by atoms with Gasteiger partial charge in [-0.3, -0.25) is 18.8 Å². The number of esters is 1. The van der Waals surface area contributed by atoms with Gasteiger partial charge in [-0.15, -0.1) is 0 Å². The van der Waals surface area contributed by atoms with E-state index >= 15 is 0 Å². The van der Waals surface area contributed by atoms with E-state index in [1.165, 1.54) is 0 Å². The van der Waals surface area contributed by atoms with Crippen molar-refractivity contribution in [2.24, 2.45) is 9.26 Å². The summed E-state index contributed by atoms with van der Waals surface area (Å²) in [5.74, 6) is -0.575. The number of fused-ring (bicyclic) bond motifs is 3. The van der Waals surface area contributed by atoms with Gasteiger partial charge < -0.3 is 4.74 Å². The van der Waals surface area contributed by atoms with Gasteiger partial charge in [-0.25, -0.2) is 18.9 Å². The molecule has 2 aromatic rings. The number of hydrogen-bond donors (Lipinski definition) is 0. The molecule has 40 heavy (non-hydrogen) atoms. The van der Waals surface area contributed by atoms with Crippen LogP contribution in [0.25, 0.3) is 11.1 Å². The molecule has 1 atom stereocenters. The van der Waals surface area contributed by atoms with E-state index in [0.29, 0.717) is 16.7 Å². The van der Waals surface area contributed by atoms with E-state index in [1.807, 2.05) is 98.4 Å². The van der Waals surface area contributed by atoms with Crippen molar-refractivity contribution in [1.29, 1.82) is 0 Å². The van der Waals surface area contributed by atoms with Crippen LogP contribution in [0.3, 0.4) is 0 Å². The summed E-state index contributed by atoms with van der Waals surface area (Å²) in [4.78, 5) is 26.3. The Morgan fingerprint density at radius 2 is 1.30 bits per heavy atom.